The van der Waals surface area contributed by atoms with Gasteiger partial charge in [-0.1, -0.05) is 6.07 Å². The lowest BCUT2D eigenvalue weighted by Crippen LogP contribution is -2.54. The first kappa shape index (κ1) is 14.8. The molecule has 1 aromatic heterocycles. The number of pyridine rings is 1. The van der Waals surface area contributed by atoms with Crippen LogP contribution in [-0.2, 0) is 9.47 Å². The number of hydrogen-bond acceptors (Lipinski definition) is 5. The number of ether oxygens (including phenoxy) is 2. The average molecular weight is 275 g/mol. The first-order valence-electron chi connectivity index (χ1n) is 6.74. The van der Waals surface area contributed by atoms with Gasteiger partial charge in [-0.15, -0.1) is 0 Å². The van der Waals surface area contributed by atoms with E-state index in [0.717, 1.165) is 24.5 Å². The molecule has 1 aliphatic heterocycles. The van der Waals surface area contributed by atoms with Gasteiger partial charge in [-0.25, -0.2) is 4.98 Å². The molecule has 1 aromatic rings. The van der Waals surface area contributed by atoms with E-state index >= 15 is 0 Å². The van der Waals surface area contributed by atoms with Crippen molar-refractivity contribution in [2.45, 2.75) is 32.5 Å². The maximum Gasteiger partial charge on any atom is 0.145 e. The highest BCUT2D eigenvalue weighted by atomic mass is 16.5. The van der Waals surface area contributed by atoms with Gasteiger partial charge < -0.3 is 14.4 Å². The molecule has 0 N–H and O–H groups in total. The molecule has 5 heteroatoms. The van der Waals surface area contributed by atoms with E-state index in [2.05, 4.69) is 29.8 Å². The average Bonchev–Trinajstić information content (AvgIpc) is 2.37. The maximum absolute atomic E-state index is 9.10. The van der Waals surface area contributed by atoms with E-state index in [1.54, 1.807) is 7.11 Å². The molecule has 1 fully saturated rings. The predicted octanol–water partition coefficient (Wildman–Crippen LogP) is 1.89. The third kappa shape index (κ3) is 3.27. The summed E-state index contributed by atoms with van der Waals surface area (Å²) in [5, 5.41) is 9.10. The number of aryl methyl sites for hydroxylation is 1. The van der Waals surface area contributed by atoms with Gasteiger partial charge in [0.2, 0.25) is 0 Å². The highest BCUT2D eigenvalue weighted by Gasteiger charge is 2.34. The fourth-order valence-electron chi connectivity index (χ4n) is 2.55. The third-order valence-electron chi connectivity index (χ3n) is 3.35. The van der Waals surface area contributed by atoms with Crippen LogP contribution in [0.4, 0.5) is 5.82 Å². The zero-order valence-corrected chi connectivity index (χ0v) is 12.5. The SMILES string of the molecule is COC[C@@H]1CN(c2ccc(C)c(C#N)n2)CC(C)(C)O1. The number of aromatic nitrogens is 1. The van der Waals surface area contributed by atoms with E-state index in [9.17, 15) is 0 Å². The summed E-state index contributed by atoms with van der Waals surface area (Å²) in [4.78, 5) is 6.60. The Bertz CT molecular complexity index is 522. The lowest BCUT2D eigenvalue weighted by atomic mass is 10.1. The number of nitrogens with zero attached hydrogens (tertiary/aromatic N) is 3. The van der Waals surface area contributed by atoms with E-state index in [0.29, 0.717) is 12.3 Å². The third-order valence-corrected chi connectivity index (χ3v) is 3.35. The Morgan fingerprint density at radius 2 is 2.30 bits per heavy atom. The van der Waals surface area contributed by atoms with Gasteiger partial charge in [-0.3, -0.25) is 0 Å². The highest BCUT2D eigenvalue weighted by molar-refractivity contribution is 5.45. The molecule has 1 atom stereocenters. The Labute approximate surface area is 120 Å². The molecule has 0 aliphatic carbocycles. The zero-order valence-electron chi connectivity index (χ0n) is 12.5. The van der Waals surface area contributed by atoms with Crippen LogP contribution in [0, 0.1) is 18.3 Å². The van der Waals surface area contributed by atoms with Gasteiger partial charge >= 0.3 is 0 Å². The standard InChI is InChI=1S/C15H21N3O2/c1-11-5-6-14(17-13(11)7-16)18-8-12(9-19-4)20-15(2,3)10-18/h5-6,12H,8-10H2,1-4H3/t12-/m0/s1. The summed E-state index contributed by atoms with van der Waals surface area (Å²) in [5.74, 6) is 0.824. The summed E-state index contributed by atoms with van der Waals surface area (Å²) in [6.45, 7) is 8.03. The minimum absolute atomic E-state index is 0.0115. The van der Waals surface area contributed by atoms with Crippen molar-refractivity contribution >= 4 is 5.82 Å². The van der Waals surface area contributed by atoms with Crippen molar-refractivity contribution in [1.82, 2.24) is 4.98 Å². The van der Waals surface area contributed by atoms with Crippen LogP contribution < -0.4 is 4.90 Å². The molecule has 2 heterocycles. The van der Waals surface area contributed by atoms with Crippen molar-refractivity contribution in [2.24, 2.45) is 0 Å². The highest BCUT2D eigenvalue weighted by Crippen LogP contribution is 2.25. The van der Waals surface area contributed by atoms with Gasteiger partial charge in [0.25, 0.3) is 0 Å². The summed E-state index contributed by atoms with van der Waals surface area (Å²) in [5.41, 5.74) is 1.12. The van der Waals surface area contributed by atoms with E-state index < -0.39 is 0 Å². The van der Waals surface area contributed by atoms with Gasteiger partial charge in [0.15, 0.2) is 0 Å². The van der Waals surface area contributed by atoms with Crippen LogP contribution in [0.25, 0.3) is 0 Å². The molecular weight excluding hydrogens is 254 g/mol. The van der Waals surface area contributed by atoms with E-state index in [-0.39, 0.29) is 11.7 Å². The van der Waals surface area contributed by atoms with Crippen molar-refractivity contribution in [3.63, 3.8) is 0 Å². The number of morpholine rings is 1. The van der Waals surface area contributed by atoms with E-state index in [1.165, 1.54) is 0 Å². The second kappa shape index (κ2) is 5.78. The van der Waals surface area contributed by atoms with Crippen LogP contribution in [0.5, 0.6) is 0 Å². The normalized spacial score (nSPS) is 21.6. The fourth-order valence-corrected chi connectivity index (χ4v) is 2.55. The summed E-state index contributed by atoms with van der Waals surface area (Å²) < 4.78 is 11.2. The minimum Gasteiger partial charge on any atom is -0.382 e. The summed E-state index contributed by atoms with van der Waals surface area (Å²) >= 11 is 0. The second-order valence-electron chi connectivity index (χ2n) is 5.78. The molecule has 108 valence electrons. The molecule has 0 aromatic carbocycles. The first-order chi connectivity index (χ1) is 9.45. The molecule has 20 heavy (non-hydrogen) atoms. The molecule has 1 saturated heterocycles. The zero-order chi connectivity index (χ0) is 14.8. The van der Waals surface area contributed by atoms with Crippen molar-refractivity contribution in [1.29, 1.82) is 5.26 Å². The molecule has 5 nitrogen and oxygen atoms in total. The largest absolute Gasteiger partial charge is 0.382 e. The fraction of sp³-hybridized carbons (Fsp3) is 0.600. The molecule has 0 unspecified atom stereocenters. The quantitative estimate of drug-likeness (QED) is 0.843. The number of rotatable bonds is 3. The molecule has 0 amide bonds. The monoisotopic (exact) mass is 275 g/mol. The minimum atomic E-state index is -0.263. The number of methoxy groups -OCH3 is 1. The topological polar surface area (TPSA) is 58.4 Å². The predicted molar refractivity (Wildman–Crippen MR) is 76.7 cm³/mol. The molecule has 0 radical (unpaired) electrons. The van der Waals surface area contributed by atoms with Crippen molar-refractivity contribution in [3.8, 4) is 6.07 Å². The molecule has 0 saturated carbocycles. The van der Waals surface area contributed by atoms with Crippen LogP contribution in [0.1, 0.15) is 25.1 Å². The van der Waals surface area contributed by atoms with Crippen LogP contribution in [0.3, 0.4) is 0 Å². The smallest absolute Gasteiger partial charge is 0.145 e. The Kier molecular flexibility index (Phi) is 4.26. The Balaban J connectivity index is 2.25. The molecule has 1 aliphatic rings. The second-order valence-corrected chi connectivity index (χ2v) is 5.78. The van der Waals surface area contributed by atoms with Crippen molar-refractivity contribution in [2.75, 3.05) is 31.7 Å². The first-order valence-corrected chi connectivity index (χ1v) is 6.74. The van der Waals surface area contributed by atoms with E-state index in [1.807, 2.05) is 19.1 Å². The summed E-state index contributed by atoms with van der Waals surface area (Å²) in [6.07, 6.45) is 0.0115. The van der Waals surface area contributed by atoms with Crippen LogP contribution >= 0.6 is 0 Å². The Morgan fingerprint density at radius 1 is 1.55 bits per heavy atom. The summed E-state index contributed by atoms with van der Waals surface area (Å²) in [7, 11) is 1.67. The van der Waals surface area contributed by atoms with Gasteiger partial charge in [0.1, 0.15) is 17.6 Å². The lowest BCUT2D eigenvalue weighted by molar-refractivity contribution is -0.106. The van der Waals surface area contributed by atoms with Crippen LogP contribution in [0.2, 0.25) is 0 Å². The van der Waals surface area contributed by atoms with Gasteiger partial charge in [-0.05, 0) is 32.4 Å². The van der Waals surface area contributed by atoms with Gasteiger partial charge in [0.05, 0.1) is 18.3 Å². The van der Waals surface area contributed by atoms with Crippen LogP contribution in [0.15, 0.2) is 12.1 Å². The number of hydrogen-bond donors (Lipinski definition) is 0. The number of nitriles is 1. The molecule has 0 spiro atoms. The van der Waals surface area contributed by atoms with Gasteiger partial charge in [-0.2, -0.15) is 5.26 Å². The summed E-state index contributed by atoms with van der Waals surface area (Å²) in [6, 6.07) is 6.04. The van der Waals surface area contributed by atoms with E-state index in [4.69, 9.17) is 14.7 Å². The van der Waals surface area contributed by atoms with Crippen LogP contribution in [-0.4, -0.2) is 43.5 Å². The molecular formula is C15H21N3O2. The molecule has 0 bridgehead atoms. The number of anilines is 1. The van der Waals surface area contributed by atoms with Gasteiger partial charge in [0, 0.05) is 20.2 Å². The van der Waals surface area contributed by atoms with Crippen molar-refractivity contribution < 1.29 is 9.47 Å². The molecule has 2 rings (SSSR count). The Hall–Kier alpha value is -1.64. The maximum atomic E-state index is 9.10. The van der Waals surface area contributed by atoms with Crippen molar-refractivity contribution in [3.05, 3.63) is 23.4 Å². The Morgan fingerprint density at radius 3 is 2.95 bits per heavy atom. The lowest BCUT2D eigenvalue weighted by Gasteiger charge is -2.43.